The van der Waals surface area contributed by atoms with Gasteiger partial charge in [-0.1, -0.05) is 44.2 Å². The molecule has 0 atom stereocenters. The molecule has 2 heterocycles. The third-order valence-corrected chi connectivity index (χ3v) is 9.51. The van der Waals surface area contributed by atoms with Gasteiger partial charge in [-0.15, -0.1) is 0 Å². The molecule has 6 nitrogen and oxygen atoms in total. The highest BCUT2D eigenvalue weighted by atomic mass is 32.2. The zero-order valence-corrected chi connectivity index (χ0v) is 23.5. The number of carbonyl (C=O) groups is 2. The van der Waals surface area contributed by atoms with Crippen molar-refractivity contribution in [1.29, 1.82) is 0 Å². The summed E-state index contributed by atoms with van der Waals surface area (Å²) >= 11 is 1.87. The molecule has 0 bridgehead atoms. The highest BCUT2D eigenvalue weighted by Crippen LogP contribution is 2.37. The summed E-state index contributed by atoms with van der Waals surface area (Å²) in [6, 6.07) is 6.03. The Hall–Kier alpha value is -1.86. The Morgan fingerprint density at radius 2 is 1.92 bits per heavy atom. The second-order valence-corrected chi connectivity index (χ2v) is 12.4. The topological polar surface area (TPSA) is 65.0 Å². The van der Waals surface area contributed by atoms with Crippen LogP contribution in [0.5, 0.6) is 0 Å². The highest BCUT2D eigenvalue weighted by Gasteiger charge is 2.47. The Balaban J connectivity index is 1.23. The smallest absolute Gasteiger partial charge is 0.253 e. The van der Waals surface area contributed by atoms with Gasteiger partial charge in [0, 0.05) is 44.4 Å². The average Bonchev–Trinajstić information content (AvgIpc) is 3.20. The first-order valence-corrected chi connectivity index (χ1v) is 14.9. The number of aliphatic imine (C=N–C) groups is 1. The van der Waals surface area contributed by atoms with Crippen LogP contribution in [0.4, 0.5) is 0 Å². The Kier molecular flexibility index (Phi) is 9.15. The van der Waals surface area contributed by atoms with Gasteiger partial charge < -0.3 is 10.2 Å². The molecule has 0 unspecified atom stereocenters. The first kappa shape index (κ1) is 27.2. The van der Waals surface area contributed by atoms with Gasteiger partial charge in [-0.25, -0.2) is 0 Å². The molecular formula is C29H44N4O2S. The molecule has 198 valence electrons. The first-order valence-electron chi connectivity index (χ1n) is 13.9. The molecule has 0 radical (unpaired) electrons. The van der Waals surface area contributed by atoms with E-state index >= 15 is 0 Å². The summed E-state index contributed by atoms with van der Waals surface area (Å²) in [7, 11) is 3.57. The molecule has 0 aromatic heterocycles. The van der Waals surface area contributed by atoms with Crippen molar-refractivity contribution >= 4 is 29.6 Å². The summed E-state index contributed by atoms with van der Waals surface area (Å²) in [6.45, 7) is 6.15. The van der Waals surface area contributed by atoms with Crippen LogP contribution in [0.15, 0.2) is 23.2 Å². The molecular weight excluding hydrogens is 468 g/mol. The predicted molar refractivity (Wildman–Crippen MR) is 149 cm³/mol. The number of carbonyl (C=O) groups excluding carboxylic acids is 2. The summed E-state index contributed by atoms with van der Waals surface area (Å²) in [5, 5.41) is 3.21. The lowest BCUT2D eigenvalue weighted by atomic mass is 9.79. The Morgan fingerprint density at radius 1 is 1.19 bits per heavy atom. The van der Waals surface area contributed by atoms with E-state index in [1.807, 2.05) is 24.1 Å². The monoisotopic (exact) mass is 512 g/mol. The fourth-order valence-electron chi connectivity index (χ4n) is 5.93. The molecule has 2 fully saturated rings. The van der Waals surface area contributed by atoms with Crippen molar-refractivity contribution in [1.82, 2.24) is 14.5 Å². The quantitative estimate of drug-likeness (QED) is 0.459. The molecule has 36 heavy (non-hydrogen) atoms. The third-order valence-electron chi connectivity index (χ3n) is 8.39. The maximum atomic E-state index is 13.0. The predicted octanol–water partition coefficient (Wildman–Crippen LogP) is 5.25. The maximum absolute atomic E-state index is 13.0. The van der Waals surface area contributed by atoms with Gasteiger partial charge in [-0.3, -0.25) is 18.9 Å². The third kappa shape index (κ3) is 6.34. The van der Waals surface area contributed by atoms with Gasteiger partial charge >= 0.3 is 0 Å². The molecule has 1 aromatic carbocycles. The van der Waals surface area contributed by atoms with E-state index in [1.165, 1.54) is 56.1 Å². The number of aryl methyl sites for hydroxylation is 2. The summed E-state index contributed by atoms with van der Waals surface area (Å²) in [4.78, 5) is 31.9. The molecule has 3 aliphatic rings. The van der Waals surface area contributed by atoms with Crippen LogP contribution in [0.1, 0.15) is 86.2 Å². The van der Waals surface area contributed by atoms with Gasteiger partial charge in [0.2, 0.25) is 0 Å². The van der Waals surface area contributed by atoms with Crippen LogP contribution >= 0.6 is 11.9 Å². The first-order chi connectivity index (χ1) is 17.3. The van der Waals surface area contributed by atoms with Crippen LogP contribution in [0.25, 0.3) is 0 Å². The second kappa shape index (κ2) is 12.1. The molecule has 7 heteroatoms. The fraction of sp³-hybridized carbons (Fsp3) is 0.690. The molecule has 2 aliphatic heterocycles. The van der Waals surface area contributed by atoms with E-state index in [0.29, 0.717) is 5.92 Å². The highest BCUT2D eigenvalue weighted by molar-refractivity contribution is 7.97. The molecule has 2 amide bonds. The Bertz CT molecular complexity index is 960. The fourth-order valence-corrected chi connectivity index (χ4v) is 6.94. The second-order valence-electron chi connectivity index (χ2n) is 11.2. The average molecular weight is 513 g/mol. The lowest BCUT2D eigenvalue weighted by molar-refractivity contribution is -0.124. The van der Waals surface area contributed by atoms with E-state index in [1.54, 1.807) is 19.0 Å². The molecule has 4 rings (SSSR count). The standard InChI is InChI=1S/C29H44N4O2S/c1-5-6-7-22-8-10-24(11-9-22)26-30-28(35)29(31-26)15-17-33(18-16-29)36-19-14-23-12-13-25(20-21(23)2)27(34)32(3)4/h12-13,20,22,24H,5-11,14-19H2,1-4H3,(H,30,31,35). The van der Waals surface area contributed by atoms with Crippen LogP contribution in [-0.2, 0) is 11.2 Å². The summed E-state index contributed by atoms with van der Waals surface area (Å²) in [6.07, 6.45) is 11.5. The lowest BCUT2D eigenvalue weighted by Gasteiger charge is -2.34. The van der Waals surface area contributed by atoms with Crippen molar-refractivity contribution < 1.29 is 9.59 Å². The normalized spacial score (nSPS) is 24.0. The van der Waals surface area contributed by atoms with Gasteiger partial charge in [-0.05, 0) is 81.0 Å². The zero-order chi connectivity index (χ0) is 25.7. The molecule has 1 saturated carbocycles. The maximum Gasteiger partial charge on any atom is 0.253 e. The van der Waals surface area contributed by atoms with Crippen LogP contribution < -0.4 is 5.32 Å². The van der Waals surface area contributed by atoms with Crippen molar-refractivity contribution in [2.45, 2.75) is 83.6 Å². The summed E-state index contributed by atoms with van der Waals surface area (Å²) in [5.74, 6) is 3.48. The van der Waals surface area contributed by atoms with Gasteiger partial charge in [0.1, 0.15) is 11.4 Å². The zero-order valence-electron chi connectivity index (χ0n) is 22.6. The van der Waals surface area contributed by atoms with E-state index in [4.69, 9.17) is 4.99 Å². The summed E-state index contributed by atoms with van der Waals surface area (Å²) in [5.41, 5.74) is 2.68. The number of rotatable bonds is 9. The molecule has 1 saturated heterocycles. The minimum Gasteiger partial charge on any atom is -0.345 e. The minimum atomic E-state index is -0.531. The van der Waals surface area contributed by atoms with Gasteiger partial charge in [0.05, 0.1) is 0 Å². The van der Waals surface area contributed by atoms with E-state index in [2.05, 4.69) is 29.5 Å². The van der Waals surface area contributed by atoms with Gasteiger partial charge in [0.25, 0.3) is 11.8 Å². The van der Waals surface area contributed by atoms with E-state index < -0.39 is 5.54 Å². The SMILES string of the molecule is CCCCC1CCC(C2=NC3(CCN(SCCc4ccc(C(=O)N(C)C)cc4C)CC3)C(=O)N2)CC1. The number of hydrogen-bond acceptors (Lipinski definition) is 5. The Morgan fingerprint density at radius 3 is 2.56 bits per heavy atom. The lowest BCUT2D eigenvalue weighted by Crippen LogP contribution is -2.47. The Labute approximate surface area is 221 Å². The van der Waals surface area contributed by atoms with Gasteiger partial charge in [-0.2, -0.15) is 0 Å². The number of piperidine rings is 1. The van der Waals surface area contributed by atoms with Crippen molar-refractivity contribution in [3.8, 4) is 0 Å². The van der Waals surface area contributed by atoms with E-state index in [0.717, 1.165) is 55.4 Å². The number of amidine groups is 1. The molecule has 1 spiro atoms. The largest absolute Gasteiger partial charge is 0.345 e. The summed E-state index contributed by atoms with van der Waals surface area (Å²) < 4.78 is 2.41. The van der Waals surface area contributed by atoms with Crippen molar-refractivity contribution in [3.63, 3.8) is 0 Å². The van der Waals surface area contributed by atoms with Crippen LogP contribution in [0.2, 0.25) is 0 Å². The number of unbranched alkanes of at least 4 members (excludes halogenated alkanes) is 1. The number of amides is 2. The van der Waals surface area contributed by atoms with Crippen LogP contribution in [0.3, 0.4) is 0 Å². The van der Waals surface area contributed by atoms with E-state index in [-0.39, 0.29) is 11.8 Å². The molecule has 1 aliphatic carbocycles. The van der Waals surface area contributed by atoms with Crippen LogP contribution in [0, 0.1) is 18.8 Å². The number of nitrogens with zero attached hydrogens (tertiary/aromatic N) is 3. The molecule has 1 N–H and O–H groups in total. The van der Waals surface area contributed by atoms with Crippen molar-refractivity contribution in [2.75, 3.05) is 32.9 Å². The van der Waals surface area contributed by atoms with Crippen LogP contribution in [-0.4, -0.2) is 65.3 Å². The van der Waals surface area contributed by atoms with Gasteiger partial charge in [0.15, 0.2) is 0 Å². The van der Waals surface area contributed by atoms with Crippen molar-refractivity contribution in [2.24, 2.45) is 16.8 Å². The van der Waals surface area contributed by atoms with E-state index in [9.17, 15) is 9.59 Å². The number of hydrogen-bond donors (Lipinski definition) is 1. The number of benzene rings is 1. The number of nitrogens with one attached hydrogen (secondary N) is 1. The van der Waals surface area contributed by atoms with Crippen molar-refractivity contribution in [3.05, 3.63) is 34.9 Å². The minimum absolute atomic E-state index is 0.0442. The molecule has 1 aromatic rings.